The van der Waals surface area contributed by atoms with E-state index in [1.807, 2.05) is 31.2 Å². The maximum atomic E-state index is 11.7. The predicted molar refractivity (Wildman–Crippen MR) is 99.9 cm³/mol. The van der Waals surface area contributed by atoms with Crippen LogP contribution in [-0.2, 0) is 4.79 Å². The van der Waals surface area contributed by atoms with E-state index in [0.717, 1.165) is 42.6 Å². The smallest absolute Gasteiger partial charge is 0.243 e. The Balaban J connectivity index is 1.50. The molecule has 0 aromatic heterocycles. The van der Waals surface area contributed by atoms with Gasteiger partial charge in [-0.2, -0.15) is 5.10 Å². The molecular weight excluding hydrogens is 314 g/mol. The van der Waals surface area contributed by atoms with Crippen LogP contribution in [0.15, 0.2) is 29.4 Å². The Morgan fingerprint density at radius 3 is 2.68 bits per heavy atom. The zero-order valence-electron chi connectivity index (χ0n) is 15.6. The van der Waals surface area contributed by atoms with E-state index in [-0.39, 0.29) is 11.8 Å². The molecule has 0 N–H and O–H groups in total. The SMILES string of the molecule is CC1CC(=O)N(C)N=C1c1ccc(OCCCN2CCC[C@H]2C)cc1. The number of amides is 1. The van der Waals surface area contributed by atoms with Crippen molar-refractivity contribution in [1.29, 1.82) is 0 Å². The summed E-state index contributed by atoms with van der Waals surface area (Å²) in [5.41, 5.74) is 2.03. The standard InChI is InChI=1S/C20H29N3O2/c1-15-14-19(24)22(3)21-20(15)17-7-9-18(10-8-17)25-13-5-12-23-11-4-6-16(23)2/h7-10,15-16H,4-6,11-14H2,1-3H3/t15?,16-/m1/s1. The van der Waals surface area contributed by atoms with E-state index in [4.69, 9.17) is 4.74 Å². The Morgan fingerprint density at radius 1 is 1.24 bits per heavy atom. The molecular formula is C20H29N3O2. The number of hydrazone groups is 1. The van der Waals surface area contributed by atoms with Crippen molar-refractivity contribution in [2.24, 2.45) is 11.0 Å². The average Bonchev–Trinajstić information content (AvgIpc) is 3.01. The van der Waals surface area contributed by atoms with Gasteiger partial charge in [0.2, 0.25) is 5.91 Å². The number of likely N-dealkylation sites (tertiary alicyclic amines) is 1. The number of benzene rings is 1. The van der Waals surface area contributed by atoms with Crippen LogP contribution in [0.3, 0.4) is 0 Å². The molecule has 0 bridgehead atoms. The highest BCUT2D eigenvalue weighted by atomic mass is 16.5. The third-order valence-electron chi connectivity index (χ3n) is 5.27. The second-order valence-electron chi connectivity index (χ2n) is 7.26. The fraction of sp³-hybridized carbons (Fsp3) is 0.600. The highest BCUT2D eigenvalue weighted by Gasteiger charge is 2.25. The molecule has 0 radical (unpaired) electrons. The molecule has 0 aliphatic carbocycles. The van der Waals surface area contributed by atoms with Crippen LogP contribution in [0.5, 0.6) is 5.75 Å². The molecule has 5 heteroatoms. The Morgan fingerprint density at radius 2 is 2.00 bits per heavy atom. The molecule has 1 saturated heterocycles. The van der Waals surface area contributed by atoms with Gasteiger partial charge >= 0.3 is 0 Å². The first-order chi connectivity index (χ1) is 12.0. The van der Waals surface area contributed by atoms with Crippen LogP contribution in [0.4, 0.5) is 0 Å². The normalized spacial score (nSPS) is 24.5. The Bertz CT molecular complexity index is 626. The first-order valence-electron chi connectivity index (χ1n) is 9.37. The molecule has 25 heavy (non-hydrogen) atoms. The summed E-state index contributed by atoms with van der Waals surface area (Å²) in [5.74, 6) is 1.12. The minimum Gasteiger partial charge on any atom is -0.494 e. The highest BCUT2D eigenvalue weighted by molar-refractivity contribution is 6.05. The van der Waals surface area contributed by atoms with Crippen molar-refractivity contribution in [2.45, 2.75) is 45.6 Å². The number of carbonyl (C=O) groups is 1. The fourth-order valence-electron chi connectivity index (χ4n) is 3.65. The molecule has 0 spiro atoms. The van der Waals surface area contributed by atoms with Crippen molar-refractivity contribution in [1.82, 2.24) is 9.91 Å². The molecule has 5 nitrogen and oxygen atoms in total. The van der Waals surface area contributed by atoms with Crippen molar-refractivity contribution < 1.29 is 9.53 Å². The lowest BCUT2D eigenvalue weighted by molar-refractivity contribution is -0.131. The predicted octanol–water partition coefficient (Wildman–Crippen LogP) is 3.14. The largest absolute Gasteiger partial charge is 0.494 e. The van der Waals surface area contributed by atoms with E-state index >= 15 is 0 Å². The van der Waals surface area contributed by atoms with Crippen molar-refractivity contribution >= 4 is 11.6 Å². The van der Waals surface area contributed by atoms with Gasteiger partial charge in [0, 0.05) is 32.0 Å². The van der Waals surface area contributed by atoms with E-state index in [1.54, 1.807) is 7.05 Å². The zero-order valence-corrected chi connectivity index (χ0v) is 15.6. The zero-order chi connectivity index (χ0) is 17.8. The number of ether oxygens (including phenoxy) is 1. The van der Waals surface area contributed by atoms with Crippen LogP contribution >= 0.6 is 0 Å². The van der Waals surface area contributed by atoms with Gasteiger partial charge < -0.3 is 9.64 Å². The van der Waals surface area contributed by atoms with Gasteiger partial charge in [0.05, 0.1) is 12.3 Å². The highest BCUT2D eigenvalue weighted by Crippen LogP contribution is 2.22. The fourth-order valence-corrected chi connectivity index (χ4v) is 3.65. The number of hydrogen-bond acceptors (Lipinski definition) is 4. The van der Waals surface area contributed by atoms with E-state index < -0.39 is 0 Å². The van der Waals surface area contributed by atoms with Gasteiger partial charge in [-0.05, 0) is 62.6 Å². The monoisotopic (exact) mass is 343 g/mol. The topological polar surface area (TPSA) is 45.1 Å². The van der Waals surface area contributed by atoms with Gasteiger partial charge in [0.15, 0.2) is 0 Å². The minimum atomic E-state index is 0.0727. The van der Waals surface area contributed by atoms with Crippen LogP contribution in [0.2, 0.25) is 0 Å². The summed E-state index contributed by atoms with van der Waals surface area (Å²) in [7, 11) is 1.72. The van der Waals surface area contributed by atoms with Gasteiger partial charge in [0.25, 0.3) is 0 Å². The first-order valence-corrected chi connectivity index (χ1v) is 9.37. The summed E-state index contributed by atoms with van der Waals surface area (Å²) >= 11 is 0. The van der Waals surface area contributed by atoms with Crippen LogP contribution < -0.4 is 4.74 Å². The van der Waals surface area contributed by atoms with Crippen LogP contribution in [-0.4, -0.2) is 54.3 Å². The molecule has 2 heterocycles. The first kappa shape index (κ1) is 17.9. The lowest BCUT2D eigenvalue weighted by Crippen LogP contribution is -2.33. The lowest BCUT2D eigenvalue weighted by atomic mass is 9.94. The molecule has 1 aromatic carbocycles. The van der Waals surface area contributed by atoms with Gasteiger partial charge in [-0.15, -0.1) is 0 Å². The van der Waals surface area contributed by atoms with Crippen molar-refractivity contribution in [3.05, 3.63) is 29.8 Å². The van der Waals surface area contributed by atoms with E-state index in [0.29, 0.717) is 6.42 Å². The molecule has 1 aromatic rings. The van der Waals surface area contributed by atoms with Crippen molar-refractivity contribution in [3.63, 3.8) is 0 Å². The van der Waals surface area contributed by atoms with Crippen LogP contribution in [0.25, 0.3) is 0 Å². The maximum absolute atomic E-state index is 11.7. The molecule has 1 amide bonds. The summed E-state index contributed by atoms with van der Waals surface area (Å²) < 4.78 is 5.88. The Kier molecular flexibility index (Phi) is 5.74. The third-order valence-corrected chi connectivity index (χ3v) is 5.27. The minimum absolute atomic E-state index is 0.0727. The van der Waals surface area contributed by atoms with E-state index in [1.165, 1.54) is 24.4 Å². The lowest BCUT2D eigenvalue weighted by Gasteiger charge is -2.25. The van der Waals surface area contributed by atoms with E-state index in [9.17, 15) is 4.79 Å². The van der Waals surface area contributed by atoms with E-state index in [2.05, 4.69) is 16.9 Å². The summed E-state index contributed by atoms with van der Waals surface area (Å²) in [6, 6.07) is 8.80. The quantitative estimate of drug-likeness (QED) is 0.746. The van der Waals surface area contributed by atoms with Gasteiger partial charge in [0.1, 0.15) is 5.75 Å². The molecule has 1 unspecified atom stereocenters. The van der Waals surface area contributed by atoms with Gasteiger partial charge in [-0.3, -0.25) is 4.79 Å². The molecule has 136 valence electrons. The van der Waals surface area contributed by atoms with Crippen molar-refractivity contribution in [3.8, 4) is 5.75 Å². The van der Waals surface area contributed by atoms with Gasteiger partial charge in [-0.25, -0.2) is 5.01 Å². The number of carbonyl (C=O) groups excluding carboxylic acids is 1. The third kappa shape index (κ3) is 4.40. The number of rotatable bonds is 6. The van der Waals surface area contributed by atoms with Crippen LogP contribution in [0, 0.1) is 5.92 Å². The molecule has 2 aliphatic heterocycles. The van der Waals surface area contributed by atoms with Crippen molar-refractivity contribution in [2.75, 3.05) is 26.7 Å². The molecule has 0 saturated carbocycles. The second-order valence-corrected chi connectivity index (χ2v) is 7.26. The van der Waals surface area contributed by atoms with Crippen LogP contribution in [0.1, 0.15) is 45.1 Å². The Labute approximate surface area is 150 Å². The summed E-state index contributed by atoms with van der Waals surface area (Å²) in [6.07, 6.45) is 4.23. The molecule has 3 rings (SSSR count). The second kappa shape index (κ2) is 8.00. The molecule has 1 fully saturated rings. The summed E-state index contributed by atoms with van der Waals surface area (Å²) in [6.45, 7) is 7.46. The Hall–Kier alpha value is -1.88. The molecule has 2 aliphatic rings. The van der Waals surface area contributed by atoms with Gasteiger partial charge in [-0.1, -0.05) is 6.92 Å². The molecule has 2 atom stereocenters. The maximum Gasteiger partial charge on any atom is 0.243 e. The summed E-state index contributed by atoms with van der Waals surface area (Å²) in [5, 5.41) is 5.87. The number of nitrogens with zero attached hydrogens (tertiary/aromatic N) is 3. The number of hydrogen-bond donors (Lipinski definition) is 0. The average molecular weight is 343 g/mol. The summed E-state index contributed by atoms with van der Waals surface area (Å²) in [4.78, 5) is 14.2.